The predicted molar refractivity (Wildman–Crippen MR) is 153 cm³/mol. The molecule has 4 rings (SSSR count). The van der Waals surface area contributed by atoms with E-state index in [9.17, 15) is 19.5 Å². The number of esters is 1. The van der Waals surface area contributed by atoms with E-state index in [0.29, 0.717) is 16.8 Å². The number of carboxylic acid groups (broad SMARTS) is 1. The van der Waals surface area contributed by atoms with Crippen molar-refractivity contribution in [3.05, 3.63) is 88.0 Å². The van der Waals surface area contributed by atoms with Gasteiger partial charge in [0.05, 0.1) is 18.7 Å². The zero-order valence-electron chi connectivity index (χ0n) is 23.6. The fourth-order valence-corrected chi connectivity index (χ4v) is 5.16. The molecule has 3 N–H and O–H groups in total. The highest BCUT2D eigenvalue weighted by atomic mass is 16.6. The van der Waals surface area contributed by atoms with E-state index < -0.39 is 17.7 Å². The van der Waals surface area contributed by atoms with E-state index in [4.69, 9.17) is 9.47 Å². The summed E-state index contributed by atoms with van der Waals surface area (Å²) in [6, 6.07) is 18.0. The van der Waals surface area contributed by atoms with Gasteiger partial charge in [-0.25, -0.2) is 4.79 Å². The minimum absolute atomic E-state index is 0.00596. The van der Waals surface area contributed by atoms with Gasteiger partial charge in [-0.3, -0.25) is 14.9 Å². The number of nitrogens with one attached hydrogen (secondary N) is 2. The van der Waals surface area contributed by atoms with Crippen LogP contribution in [0.25, 0.3) is 11.1 Å². The molecule has 8 nitrogen and oxygen atoms in total. The van der Waals surface area contributed by atoms with Crippen molar-refractivity contribution in [3.63, 3.8) is 0 Å². The number of hydrogen-bond acceptors (Lipinski definition) is 6. The summed E-state index contributed by atoms with van der Waals surface area (Å²) < 4.78 is 11.1. The van der Waals surface area contributed by atoms with Gasteiger partial charge in [0.25, 0.3) is 0 Å². The first kappa shape index (κ1) is 28.8. The van der Waals surface area contributed by atoms with Gasteiger partial charge in [0.15, 0.2) is 0 Å². The summed E-state index contributed by atoms with van der Waals surface area (Å²) in [7, 11) is 0. The summed E-state index contributed by atoms with van der Waals surface area (Å²) in [4.78, 5) is 36.7. The van der Waals surface area contributed by atoms with E-state index in [1.165, 1.54) is 0 Å². The van der Waals surface area contributed by atoms with Crippen LogP contribution in [0.4, 0.5) is 10.5 Å². The van der Waals surface area contributed by atoms with E-state index >= 15 is 0 Å². The van der Waals surface area contributed by atoms with E-state index in [-0.39, 0.29) is 38.0 Å². The van der Waals surface area contributed by atoms with Crippen molar-refractivity contribution in [1.29, 1.82) is 0 Å². The number of carboxylic acids is 1. The molecule has 0 saturated carbocycles. The van der Waals surface area contributed by atoms with Crippen molar-refractivity contribution in [3.8, 4) is 11.1 Å². The molecule has 1 aliphatic rings. The molecule has 0 aliphatic heterocycles. The van der Waals surface area contributed by atoms with Crippen molar-refractivity contribution >= 4 is 23.7 Å². The number of fused-ring (bicyclic) bond motifs is 3. The summed E-state index contributed by atoms with van der Waals surface area (Å²) in [5.74, 6) is -1.45. The molecule has 8 heteroatoms. The van der Waals surface area contributed by atoms with Crippen molar-refractivity contribution < 1.29 is 29.0 Å². The van der Waals surface area contributed by atoms with Crippen molar-refractivity contribution in [1.82, 2.24) is 5.32 Å². The van der Waals surface area contributed by atoms with Gasteiger partial charge in [-0.1, -0.05) is 54.6 Å². The fourth-order valence-electron chi connectivity index (χ4n) is 5.16. The normalized spacial score (nSPS) is 12.4. The third-order valence-corrected chi connectivity index (χ3v) is 6.98. The maximum atomic E-state index is 13.1. The molecule has 0 aromatic heterocycles. The number of ether oxygens (including phenoxy) is 2. The molecule has 3 aromatic carbocycles. The molecule has 40 heavy (non-hydrogen) atoms. The van der Waals surface area contributed by atoms with Crippen molar-refractivity contribution in [2.75, 3.05) is 18.5 Å². The van der Waals surface area contributed by atoms with Crippen LogP contribution >= 0.6 is 0 Å². The average molecular weight is 545 g/mol. The number of aliphatic carboxylic acids is 1. The number of hydrogen-bond donors (Lipinski definition) is 3. The molecule has 0 atom stereocenters. The van der Waals surface area contributed by atoms with Crippen molar-refractivity contribution in [2.24, 2.45) is 0 Å². The van der Waals surface area contributed by atoms with Gasteiger partial charge >= 0.3 is 18.0 Å². The first-order valence-corrected chi connectivity index (χ1v) is 13.3. The molecule has 1 aliphatic carbocycles. The molecule has 0 saturated heterocycles. The topological polar surface area (TPSA) is 114 Å². The molecule has 0 radical (unpaired) electrons. The van der Waals surface area contributed by atoms with Crippen LogP contribution in [0.2, 0.25) is 0 Å². The summed E-state index contributed by atoms with van der Waals surface area (Å²) in [6.45, 7) is 9.48. The highest BCUT2D eigenvalue weighted by Crippen LogP contribution is 2.44. The molecule has 210 valence electrons. The number of carbonyl (C=O) groups excluding carboxylic acids is 2. The predicted octanol–water partition coefficient (Wildman–Crippen LogP) is 5.72. The smallest absolute Gasteiger partial charge is 0.411 e. The Labute approximate surface area is 234 Å². The lowest BCUT2D eigenvalue weighted by Crippen LogP contribution is -2.31. The molecule has 0 bridgehead atoms. The minimum Gasteiger partial charge on any atom is -0.481 e. The van der Waals surface area contributed by atoms with Crippen LogP contribution in [0.15, 0.2) is 54.6 Å². The van der Waals surface area contributed by atoms with Gasteiger partial charge in [-0.15, -0.1) is 0 Å². The maximum Gasteiger partial charge on any atom is 0.411 e. The largest absolute Gasteiger partial charge is 0.481 e. The lowest BCUT2D eigenvalue weighted by Gasteiger charge is -2.21. The van der Waals surface area contributed by atoms with Gasteiger partial charge in [-0.2, -0.15) is 0 Å². The number of rotatable bonds is 9. The Balaban J connectivity index is 1.49. The fraction of sp³-hybridized carbons (Fsp3) is 0.344. The number of carbonyl (C=O) groups is 3. The summed E-state index contributed by atoms with van der Waals surface area (Å²) in [6.07, 6.45) is -0.821. The quantitative estimate of drug-likeness (QED) is 0.295. The second-order valence-corrected chi connectivity index (χ2v) is 11.0. The Morgan fingerprint density at radius 1 is 0.900 bits per heavy atom. The van der Waals surface area contributed by atoms with Crippen LogP contribution in [0.3, 0.4) is 0 Å². The first-order valence-electron chi connectivity index (χ1n) is 13.3. The van der Waals surface area contributed by atoms with Crippen LogP contribution in [0.1, 0.15) is 60.1 Å². The van der Waals surface area contributed by atoms with E-state index in [1.807, 2.05) is 31.2 Å². The molecule has 0 unspecified atom stereocenters. The Bertz CT molecular complexity index is 1390. The van der Waals surface area contributed by atoms with Crippen LogP contribution in [-0.4, -0.2) is 41.9 Å². The van der Waals surface area contributed by atoms with E-state index in [2.05, 4.69) is 34.9 Å². The van der Waals surface area contributed by atoms with Gasteiger partial charge in [0.1, 0.15) is 12.2 Å². The van der Waals surface area contributed by atoms with Gasteiger partial charge in [-0.05, 0) is 79.1 Å². The van der Waals surface area contributed by atoms with Crippen LogP contribution < -0.4 is 10.6 Å². The number of anilines is 1. The Morgan fingerprint density at radius 2 is 1.48 bits per heavy atom. The summed E-state index contributed by atoms with van der Waals surface area (Å²) in [5, 5.41) is 15.4. The molecular formula is C32H36N2O6. The van der Waals surface area contributed by atoms with Gasteiger partial charge < -0.3 is 19.9 Å². The van der Waals surface area contributed by atoms with Crippen molar-refractivity contribution in [2.45, 2.75) is 59.1 Å². The number of benzene rings is 3. The highest BCUT2D eigenvalue weighted by molar-refractivity contribution is 5.88. The lowest BCUT2D eigenvalue weighted by molar-refractivity contribution is -0.153. The lowest BCUT2D eigenvalue weighted by atomic mass is 9.95. The standard InChI is InChI=1S/C32H36N2O6/c1-19-21(15-28(35)36)14-22(16-33-17-29(37)40-32(3,4)5)20(2)30(19)34-31(38)39-18-27-25-12-8-6-10-23(25)24-11-7-9-13-26(24)27/h6-14,27,33H,15-18H2,1-5H3,(H,34,38)(H,35,36). The molecule has 3 aromatic rings. The third-order valence-electron chi connectivity index (χ3n) is 6.98. The van der Waals surface area contributed by atoms with E-state index in [1.54, 1.807) is 33.8 Å². The maximum absolute atomic E-state index is 13.1. The third kappa shape index (κ3) is 6.69. The Kier molecular flexibility index (Phi) is 8.59. The molecule has 0 fully saturated rings. The summed E-state index contributed by atoms with van der Waals surface area (Å²) >= 11 is 0. The Morgan fingerprint density at radius 3 is 2.05 bits per heavy atom. The van der Waals surface area contributed by atoms with Gasteiger partial charge in [0, 0.05) is 12.5 Å². The first-order chi connectivity index (χ1) is 18.9. The van der Waals surface area contributed by atoms with Crippen LogP contribution in [-0.2, 0) is 32.0 Å². The van der Waals surface area contributed by atoms with Crippen LogP contribution in [0.5, 0.6) is 0 Å². The second-order valence-electron chi connectivity index (χ2n) is 11.0. The molecule has 1 amide bonds. The minimum atomic E-state index is -0.980. The summed E-state index contributed by atoms with van der Waals surface area (Å²) in [5.41, 5.74) is 7.18. The number of amides is 1. The monoisotopic (exact) mass is 544 g/mol. The van der Waals surface area contributed by atoms with Crippen LogP contribution in [0, 0.1) is 13.8 Å². The SMILES string of the molecule is Cc1c(CNCC(=O)OC(C)(C)C)cc(CC(=O)O)c(C)c1NC(=O)OCC1c2ccccc2-c2ccccc21. The van der Waals surface area contributed by atoms with E-state index in [0.717, 1.165) is 33.4 Å². The second kappa shape index (κ2) is 11.9. The highest BCUT2D eigenvalue weighted by Gasteiger charge is 2.29. The molecule has 0 spiro atoms. The molecule has 0 heterocycles. The zero-order chi connectivity index (χ0) is 29.0. The average Bonchev–Trinajstić information content (AvgIpc) is 3.20. The zero-order valence-corrected chi connectivity index (χ0v) is 23.6. The molecular weight excluding hydrogens is 508 g/mol. The van der Waals surface area contributed by atoms with Gasteiger partial charge in [0.2, 0.25) is 0 Å². The Hall–Kier alpha value is -4.17.